The van der Waals surface area contributed by atoms with Crippen LogP contribution in [0, 0.1) is 6.92 Å². The van der Waals surface area contributed by atoms with Gasteiger partial charge >= 0.3 is 0 Å². The van der Waals surface area contributed by atoms with Crippen molar-refractivity contribution in [3.8, 4) is 0 Å². The summed E-state index contributed by atoms with van der Waals surface area (Å²) < 4.78 is 0. The van der Waals surface area contributed by atoms with Gasteiger partial charge < -0.3 is 10.2 Å². The van der Waals surface area contributed by atoms with E-state index in [4.69, 9.17) is 0 Å². The molecule has 22 heavy (non-hydrogen) atoms. The van der Waals surface area contributed by atoms with Crippen molar-refractivity contribution in [3.63, 3.8) is 0 Å². The molecule has 2 aromatic rings. The fourth-order valence-electron chi connectivity index (χ4n) is 2.68. The number of anilines is 1. The molecule has 1 aliphatic heterocycles. The number of benzene rings is 2. The van der Waals surface area contributed by atoms with E-state index in [0.717, 1.165) is 35.5 Å². The highest BCUT2D eigenvalue weighted by atomic mass is 16.2. The van der Waals surface area contributed by atoms with Crippen molar-refractivity contribution in [1.82, 2.24) is 4.90 Å². The number of carbonyl (C=O) groups is 1. The standard InChI is InChI=1S/C19H20N2O/c1-3-21(12-15-7-5-4-6-8-15)13-17-16-11-14(2)9-10-18(16)20-19(17)22/h4-11,13H,3,12H2,1-2H3,(H,20,22)/b17-13+. The number of hydrogen-bond donors (Lipinski definition) is 1. The lowest BCUT2D eigenvalue weighted by atomic mass is 10.1. The smallest absolute Gasteiger partial charge is 0.257 e. The summed E-state index contributed by atoms with van der Waals surface area (Å²) in [6, 6.07) is 16.4. The normalized spacial score (nSPS) is 14.8. The second-order valence-electron chi connectivity index (χ2n) is 5.59. The predicted octanol–water partition coefficient (Wildman–Crippen LogP) is 3.81. The molecule has 0 saturated heterocycles. The zero-order valence-corrected chi connectivity index (χ0v) is 13.0. The topological polar surface area (TPSA) is 32.3 Å². The molecule has 3 rings (SSSR count). The molecule has 0 aromatic heterocycles. The van der Waals surface area contributed by atoms with Crippen LogP contribution in [0.15, 0.2) is 54.7 Å². The lowest BCUT2D eigenvalue weighted by Crippen LogP contribution is -2.18. The number of carbonyl (C=O) groups excluding carboxylic acids is 1. The van der Waals surface area contributed by atoms with Crippen molar-refractivity contribution < 1.29 is 4.79 Å². The summed E-state index contributed by atoms with van der Waals surface area (Å²) in [6.45, 7) is 5.80. The summed E-state index contributed by atoms with van der Waals surface area (Å²) >= 11 is 0. The van der Waals surface area contributed by atoms with E-state index < -0.39 is 0 Å². The van der Waals surface area contributed by atoms with Gasteiger partial charge in [-0.05, 0) is 31.5 Å². The quantitative estimate of drug-likeness (QED) is 0.869. The molecular formula is C19H20N2O. The van der Waals surface area contributed by atoms with E-state index in [0.29, 0.717) is 0 Å². The fourth-order valence-corrected chi connectivity index (χ4v) is 2.68. The van der Waals surface area contributed by atoms with E-state index in [2.05, 4.69) is 35.3 Å². The van der Waals surface area contributed by atoms with Crippen molar-refractivity contribution in [2.75, 3.05) is 11.9 Å². The second-order valence-corrected chi connectivity index (χ2v) is 5.59. The van der Waals surface area contributed by atoms with Crippen molar-refractivity contribution in [2.45, 2.75) is 20.4 Å². The molecule has 2 aromatic carbocycles. The Labute approximate surface area is 131 Å². The van der Waals surface area contributed by atoms with E-state index in [1.165, 1.54) is 5.56 Å². The number of amides is 1. The third-order valence-electron chi connectivity index (χ3n) is 3.90. The molecule has 0 atom stereocenters. The maximum Gasteiger partial charge on any atom is 0.257 e. The van der Waals surface area contributed by atoms with Crippen LogP contribution >= 0.6 is 0 Å². The Hall–Kier alpha value is -2.55. The van der Waals surface area contributed by atoms with Gasteiger partial charge in [0.05, 0.1) is 5.57 Å². The molecule has 0 bridgehead atoms. The van der Waals surface area contributed by atoms with Crippen molar-refractivity contribution in [1.29, 1.82) is 0 Å². The summed E-state index contributed by atoms with van der Waals surface area (Å²) in [5.74, 6) is -0.0212. The Morgan fingerprint density at radius 2 is 1.91 bits per heavy atom. The van der Waals surface area contributed by atoms with Crippen molar-refractivity contribution in [3.05, 3.63) is 71.4 Å². The molecule has 0 radical (unpaired) electrons. The highest BCUT2D eigenvalue weighted by molar-refractivity contribution is 6.31. The Morgan fingerprint density at radius 1 is 1.14 bits per heavy atom. The van der Waals surface area contributed by atoms with Gasteiger partial charge in [0.1, 0.15) is 0 Å². The molecule has 1 aliphatic rings. The maximum atomic E-state index is 12.2. The Balaban J connectivity index is 1.90. The first-order valence-corrected chi connectivity index (χ1v) is 7.59. The molecule has 0 saturated carbocycles. The van der Waals surface area contributed by atoms with Crippen LogP contribution in [0.3, 0.4) is 0 Å². The van der Waals surface area contributed by atoms with Gasteiger partial charge in [0.15, 0.2) is 0 Å². The van der Waals surface area contributed by atoms with E-state index in [1.54, 1.807) is 0 Å². The van der Waals surface area contributed by atoms with Gasteiger partial charge in [-0.25, -0.2) is 0 Å². The van der Waals surface area contributed by atoms with Gasteiger partial charge in [0, 0.05) is 30.5 Å². The summed E-state index contributed by atoms with van der Waals surface area (Å²) in [7, 11) is 0. The summed E-state index contributed by atoms with van der Waals surface area (Å²) in [5, 5.41) is 2.93. The predicted molar refractivity (Wildman–Crippen MR) is 90.3 cm³/mol. The second kappa shape index (κ2) is 6.06. The third-order valence-corrected chi connectivity index (χ3v) is 3.90. The molecular weight excluding hydrogens is 272 g/mol. The minimum absolute atomic E-state index is 0.0212. The van der Waals surface area contributed by atoms with Gasteiger partial charge in [-0.3, -0.25) is 4.79 Å². The molecule has 0 aliphatic carbocycles. The molecule has 3 nitrogen and oxygen atoms in total. The van der Waals surface area contributed by atoms with Crippen LogP contribution in [0.5, 0.6) is 0 Å². The van der Waals surface area contributed by atoms with Gasteiger partial charge in [-0.2, -0.15) is 0 Å². The molecule has 1 N–H and O–H groups in total. The molecule has 0 unspecified atom stereocenters. The minimum atomic E-state index is -0.0212. The molecule has 0 fully saturated rings. The van der Waals surface area contributed by atoms with Crippen LogP contribution in [0.2, 0.25) is 0 Å². The zero-order valence-electron chi connectivity index (χ0n) is 13.0. The summed E-state index contributed by atoms with van der Waals surface area (Å²) in [6.07, 6.45) is 1.98. The average molecular weight is 292 g/mol. The number of hydrogen-bond acceptors (Lipinski definition) is 2. The summed E-state index contributed by atoms with van der Waals surface area (Å²) in [5.41, 5.74) is 5.04. The molecule has 112 valence electrons. The molecule has 1 amide bonds. The van der Waals surface area contributed by atoms with Crippen molar-refractivity contribution in [2.24, 2.45) is 0 Å². The molecule has 1 heterocycles. The van der Waals surface area contributed by atoms with Crippen LogP contribution in [-0.2, 0) is 11.3 Å². The first kappa shape index (κ1) is 14.4. The Morgan fingerprint density at radius 3 is 2.64 bits per heavy atom. The number of rotatable bonds is 4. The van der Waals surface area contributed by atoms with Crippen LogP contribution in [0.25, 0.3) is 5.57 Å². The Bertz CT molecular complexity index is 719. The number of nitrogens with zero attached hydrogens (tertiary/aromatic N) is 1. The maximum absolute atomic E-state index is 12.2. The van der Waals surface area contributed by atoms with E-state index >= 15 is 0 Å². The average Bonchev–Trinajstić information content (AvgIpc) is 2.83. The van der Waals surface area contributed by atoms with E-state index in [9.17, 15) is 4.79 Å². The molecule has 0 spiro atoms. The lowest BCUT2D eigenvalue weighted by Gasteiger charge is -2.19. The molecule has 3 heteroatoms. The zero-order chi connectivity index (χ0) is 15.5. The SMILES string of the molecule is CCN(/C=C1/C(=O)Nc2ccc(C)cc21)Cc1ccccc1. The van der Waals surface area contributed by atoms with Gasteiger partial charge in [0.25, 0.3) is 5.91 Å². The monoisotopic (exact) mass is 292 g/mol. The largest absolute Gasteiger partial charge is 0.373 e. The van der Waals surface area contributed by atoms with Gasteiger partial charge in [-0.15, -0.1) is 0 Å². The lowest BCUT2D eigenvalue weighted by molar-refractivity contribution is -0.110. The van der Waals surface area contributed by atoms with E-state index in [1.807, 2.05) is 43.5 Å². The summed E-state index contributed by atoms with van der Waals surface area (Å²) in [4.78, 5) is 14.4. The fraction of sp³-hybridized carbons (Fsp3) is 0.211. The van der Waals surface area contributed by atoms with Crippen LogP contribution < -0.4 is 5.32 Å². The third kappa shape index (κ3) is 2.89. The number of aryl methyl sites for hydroxylation is 1. The first-order valence-electron chi connectivity index (χ1n) is 7.59. The highest BCUT2D eigenvalue weighted by Crippen LogP contribution is 2.32. The highest BCUT2D eigenvalue weighted by Gasteiger charge is 2.24. The van der Waals surface area contributed by atoms with Gasteiger partial charge in [0.2, 0.25) is 0 Å². The van der Waals surface area contributed by atoms with E-state index in [-0.39, 0.29) is 5.91 Å². The van der Waals surface area contributed by atoms with Crippen molar-refractivity contribution >= 4 is 17.2 Å². The number of fused-ring (bicyclic) bond motifs is 1. The van der Waals surface area contributed by atoms with Crippen LogP contribution in [-0.4, -0.2) is 17.4 Å². The first-order chi connectivity index (χ1) is 10.7. The van der Waals surface area contributed by atoms with Crippen LogP contribution in [0.1, 0.15) is 23.6 Å². The van der Waals surface area contributed by atoms with Crippen LogP contribution in [0.4, 0.5) is 5.69 Å². The number of nitrogens with one attached hydrogen (secondary N) is 1. The minimum Gasteiger partial charge on any atom is -0.373 e. The van der Waals surface area contributed by atoms with Gasteiger partial charge in [-0.1, -0.05) is 42.0 Å². The Kier molecular flexibility index (Phi) is 3.96.